The highest BCUT2D eigenvalue weighted by atomic mass is 16.5. The van der Waals surface area contributed by atoms with Gasteiger partial charge in [0.1, 0.15) is 5.56 Å². The first-order chi connectivity index (χ1) is 8.13. The second kappa shape index (κ2) is 5.66. The maximum absolute atomic E-state index is 11.5. The molecule has 17 heavy (non-hydrogen) atoms. The van der Waals surface area contributed by atoms with E-state index < -0.39 is 5.97 Å². The molecule has 0 amide bonds. The molecule has 5 heteroatoms. The summed E-state index contributed by atoms with van der Waals surface area (Å²) in [7, 11) is 1.28. The van der Waals surface area contributed by atoms with Crippen molar-refractivity contribution < 1.29 is 14.3 Å². The predicted molar refractivity (Wildman–Crippen MR) is 62.5 cm³/mol. The van der Waals surface area contributed by atoms with Crippen molar-refractivity contribution >= 4 is 17.5 Å². The summed E-state index contributed by atoms with van der Waals surface area (Å²) < 4.78 is 9.82. The summed E-state index contributed by atoms with van der Waals surface area (Å²) in [5.41, 5.74) is 0.477. The van der Waals surface area contributed by atoms with Gasteiger partial charge in [-0.15, -0.1) is 4.98 Å². The van der Waals surface area contributed by atoms with Crippen LogP contribution in [-0.2, 0) is 9.47 Å². The number of aromatic nitrogens is 1. The van der Waals surface area contributed by atoms with Crippen molar-refractivity contribution in [3.05, 3.63) is 41.4 Å². The third-order valence-electron chi connectivity index (χ3n) is 1.98. The number of rotatable bonds is 4. The highest BCUT2D eigenvalue weighted by molar-refractivity contribution is 5.94. The molecule has 1 heterocycles. The maximum atomic E-state index is 11.5. The Morgan fingerprint density at radius 1 is 1.59 bits per heavy atom. The fourth-order valence-corrected chi connectivity index (χ4v) is 1.24. The monoisotopic (exact) mass is 232 g/mol. The zero-order valence-electron chi connectivity index (χ0n) is 9.69. The van der Waals surface area contributed by atoms with E-state index in [2.05, 4.69) is 21.1 Å². The molecule has 0 fully saturated rings. The highest BCUT2D eigenvalue weighted by Gasteiger charge is 2.20. The smallest absolute Gasteiger partial charge is 0.342 e. The van der Waals surface area contributed by atoms with Crippen LogP contribution in [0, 0.1) is 6.57 Å². The summed E-state index contributed by atoms with van der Waals surface area (Å²) in [6.45, 7) is 12.8. The Hall–Kier alpha value is -2.35. The van der Waals surface area contributed by atoms with Crippen molar-refractivity contribution in [3.8, 4) is 0 Å². The summed E-state index contributed by atoms with van der Waals surface area (Å²) in [5, 5.41) is 0. The summed E-state index contributed by atoms with van der Waals surface area (Å²) in [6, 6.07) is 2.92. The zero-order valence-corrected chi connectivity index (χ0v) is 9.69. The number of ether oxygens (including phenoxy) is 2. The molecule has 88 valence electrons. The minimum absolute atomic E-state index is 0.175. The molecule has 0 aromatic carbocycles. The Bertz CT molecular complexity index is 489. The molecule has 0 aliphatic heterocycles. The Kier molecular flexibility index (Phi) is 4.23. The zero-order chi connectivity index (χ0) is 12.8. The van der Waals surface area contributed by atoms with Crippen LogP contribution in [0.5, 0.6) is 0 Å². The largest absolute Gasteiger partial charge is 0.490 e. The minimum atomic E-state index is -0.537. The van der Waals surface area contributed by atoms with Gasteiger partial charge in [-0.25, -0.2) is 4.79 Å². The van der Waals surface area contributed by atoms with Crippen molar-refractivity contribution in [1.82, 2.24) is 4.98 Å². The second-order valence-electron chi connectivity index (χ2n) is 3.03. The predicted octanol–water partition coefficient (Wildman–Crippen LogP) is 2.43. The van der Waals surface area contributed by atoms with Crippen molar-refractivity contribution in [2.45, 2.75) is 6.92 Å². The number of hydrogen-bond donors (Lipinski definition) is 0. The Labute approximate surface area is 99.5 Å². The lowest BCUT2D eigenvalue weighted by atomic mass is 10.1. The number of nitrogens with zero attached hydrogens (tertiary/aromatic N) is 2. The molecule has 0 atom stereocenters. The number of esters is 1. The fourth-order valence-electron chi connectivity index (χ4n) is 1.24. The average Bonchev–Trinajstić information content (AvgIpc) is 2.37. The number of carbonyl (C=O) groups excluding carboxylic acids is 1. The van der Waals surface area contributed by atoms with Crippen LogP contribution in [0.2, 0.25) is 0 Å². The quantitative estimate of drug-likeness (QED) is 0.454. The van der Waals surface area contributed by atoms with Crippen LogP contribution in [0.4, 0.5) is 5.82 Å². The van der Waals surface area contributed by atoms with Crippen LogP contribution in [0.15, 0.2) is 18.7 Å². The van der Waals surface area contributed by atoms with Crippen LogP contribution in [0.3, 0.4) is 0 Å². The van der Waals surface area contributed by atoms with Gasteiger partial charge in [-0.05, 0) is 13.0 Å². The molecule has 0 saturated heterocycles. The minimum Gasteiger partial charge on any atom is -0.490 e. The Balaban J connectivity index is 3.26. The molecular weight excluding hydrogens is 220 g/mol. The van der Waals surface area contributed by atoms with Gasteiger partial charge >= 0.3 is 5.97 Å². The van der Waals surface area contributed by atoms with Gasteiger partial charge in [0.2, 0.25) is 5.69 Å². The Morgan fingerprint density at radius 3 is 2.82 bits per heavy atom. The fraction of sp³-hybridized carbons (Fsp3) is 0.250. The highest BCUT2D eigenvalue weighted by Crippen LogP contribution is 2.21. The van der Waals surface area contributed by atoms with Gasteiger partial charge < -0.3 is 14.3 Å². The molecular formula is C12H12N2O3. The van der Waals surface area contributed by atoms with Gasteiger partial charge in [0.25, 0.3) is 5.82 Å². The van der Waals surface area contributed by atoms with Gasteiger partial charge in [0.15, 0.2) is 5.76 Å². The molecule has 1 aromatic rings. The number of carbonyl (C=O) groups is 1. The molecule has 0 aliphatic carbocycles. The topological polar surface area (TPSA) is 52.8 Å². The second-order valence-corrected chi connectivity index (χ2v) is 3.03. The van der Waals surface area contributed by atoms with Crippen molar-refractivity contribution in [1.29, 1.82) is 0 Å². The van der Waals surface area contributed by atoms with Crippen LogP contribution < -0.4 is 0 Å². The van der Waals surface area contributed by atoms with E-state index >= 15 is 0 Å². The summed E-state index contributed by atoms with van der Waals surface area (Å²) in [6.07, 6.45) is 0. The van der Waals surface area contributed by atoms with E-state index in [0.717, 1.165) is 0 Å². The molecule has 0 spiro atoms. The first kappa shape index (κ1) is 12.7. The van der Waals surface area contributed by atoms with Gasteiger partial charge in [-0.2, -0.15) is 0 Å². The Morgan fingerprint density at radius 2 is 2.29 bits per heavy atom. The van der Waals surface area contributed by atoms with E-state index in [1.807, 2.05) is 0 Å². The first-order valence-electron chi connectivity index (χ1n) is 4.93. The molecule has 0 N–H and O–H groups in total. The third kappa shape index (κ3) is 2.82. The summed E-state index contributed by atoms with van der Waals surface area (Å²) in [4.78, 5) is 18.7. The van der Waals surface area contributed by atoms with Gasteiger partial charge in [0, 0.05) is 0 Å². The van der Waals surface area contributed by atoms with E-state index in [1.165, 1.54) is 19.2 Å². The van der Waals surface area contributed by atoms with Crippen molar-refractivity contribution in [2.24, 2.45) is 0 Å². The lowest BCUT2D eigenvalue weighted by Gasteiger charge is -2.07. The van der Waals surface area contributed by atoms with Crippen LogP contribution in [0.1, 0.15) is 23.0 Å². The van der Waals surface area contributed by atoms with E-state index in [0.29, 0.717) is 6.61 Å². The molecule has 0 radical (unpaired) electrons. The van der Waals surface area contributed by atoms with Crippen molar-refractivity contribution in [3.63, 3.8) is 0 Å². The normalized spacial score (nSPS) is 9.24. The van der Waals surface area contributed by atoms with E-state index in [1.54, 1.807) is 6.92 Å². The first-order valence-corrected chi connectivity index (χ1v) is 4.93. The van der Waals surface area contributed by atoms with Crippen LogP contribution in [0.25, 0.3) is 10.6 Å². The lowest BCUT2D eigenvalue weighted by molar-refractivity contribution is 0.0599. The van der Waals surface area contributed by atoms with Gasteiger partial charge in [-0.3, -0.25) is 0 Å². The van der Waals surface area contributed by atoms with Gasteiger partial charge in [0.05, 0.1) is 13.7 Å². The molecule has 0 aliphatic rings. The summed E-state index contributed by atoms with van der Waals surface area (Å²) in [5.74, 6) is -0.114. The van der Waals surface area contributed by atoms with E-state index in [4.69, 9.17) is 11.3 Å². The molecule has 0 bridgehead atoms. The number of pyridine rings is 1. The molecule has 5 nitrogen and oxygen atoms in total. The molecule has 1 aromatic heterocycles. The van der Waals surface area contributed by atoms with Crippen molar-refractivity contribution in [2.75, 3.05) is 13.7 Å². The molecule has 0 saturated carbocycles. The summed E-state index contributed by atoms with van der Waals surface area (Å²) >= 11 is 0. The number of methoxy groups -OCH3 is 1. The van der Waals surface area contributed by atoms with Gasteiger partial charge in [-0.1, -0.05) is 19.2 Å². The third-order valence-corrected chi connectivity index (χ3v) is 1.98. The van der Waals surface area contributed by atoms with Crippen LogP contribution in [-0.4, -0.2) is 24.7 Å². The average molecular weight is 232 g/mol. The number of hydrogen-bond acceptors (Lipinski definition) is 4. The molecule has 1 rings (SSSR count). The molecule has 0 unspecified atom stereocenters. The maximum Gasteiger partial charge on any atom is 0.342 e. The van der Waals surface area contributed by atoms with E-state index in [-0.39, 0.29) is 22.8 Å². The standard InChI is InChI=1S/C12H12N2O3/c1-5-17-8(2)11-9(12(15)16-4)6-7-10(13-3)14-11/h6-7H,2,5H2,1,4H3. The van der Waals surface area contributed by atoms with E-state index in [9.17, 15) is 4.79 Å². The lowest BCUT2D eigenvalue weighted by Crippen LogP contribution is -2.08. The van der Waals surface area contributed by atoms with Crippen LogP contribution >= 0.6 is 0 Å². The SMILES string of the molecule is [C-]#[N+]c1ccc(C(=O)OC)c(C(=C)OCC)n1.